The number of unbranched alkanes of at least 4 members (excludes halogenated alkanes) is 4. The fraction of sp³-hybridized carbons (Fsp3) is 0.850. The molecule has 148 valence electrons. The van der Waals surface area contributed by atoms with Gasteiger partial charge in [0, 0.05) is 36.7 Å². The molecule has 6 heteroatoms. The van der Waals surface area contributed by atoms with Crippen molar-refractivity contribution >= 4 is 5.78 Å². The lowest BCUT2D eigenvalue weighted by atomic mass is 9.76. The molecule has 1 saturated carbocycles. The summed E-state index contributed by atoms with van der Waals surface area (Å²) in [6.45, 7) is 6.42. The second kappa shape index (κ2) is 11.0. The maximum atomic E-state index is 12.6. The molecule has 4 atom stereocenters. The van der Waals surface area contributed by atoms with Crippen molar-refractivity contribution in [3.05, 3.63) is 23.1 Å². The van der Waals surface area contributed by atoms with Crippen molar-refractivity contribution < 1.29 is 19.2 Å². The van der Waals surface area contributed by atoms with Crippen LogP contribution in [0.4, 0.5) is 0 Å². The Morgan fingerprint density at radius 1 is 1.31 bits per heavy atom. The molecule has 1 aliphatic carbocycles. The molecule has 2 saturated heterocycles. The fourth-order valence-corrected chi connectivity index (χ4v) is 4.10. The normalized spacial score (nSPS) is 26.8. The van der Waals surface area contributed by atoms with Crippen molar-refractivity contribution in [2.75, 3.05) is 6.61 Å². The first kappa shape index (κ1) is 21.3. The molecule has 0 spiro atoms. The van der Waals surface area contributed by atoms with E-state index >= 15 is 0 Å². The van der Waals surface area contributed by atoms with Crippen LogP contribution >= 0.6 is 0 Å². The van der Waals surface area contributed by atoms with Crippen LogP contribution in [0, 0.1) is 29.1 Å². The van der Waals surface area contributed by atoms with Crippen molar-refractivity contribution in [2.45, 2.75) is 95.8 Å². The third kappa shape index (κ3) is 6.02. The van der Waals surface area contributed by atoms with Gasteiger partial charge in [-0.1, -0.05) is 32.6 Å². The zero-order valence-electron chi connectivity index (χ0n) is 16.0. The number of carbonyl (C=O) groups is 1. The largest absolute Gasteiger partial charge is 0.376 e. The average Bonchev–Trinajstić information content (AvgIpc) is 2.64. The average molecular weight is 367 g/mol. The fourth-order valence-electron chi connectivity index (χ4n) is 4.10. The number of nitrogens with zero attached hydrogens (tertiary/aromatic N) is 1. The highest BCUT2D eigenvalue weighted by Gasteiger charge is 2.46. The van der Waals surface area contributed by atoms with Crippen molar-refractivity contribution in [1.29, 1.82) is 0 Å². The number of ether oxygens (including phenoxy) is 2. The molecule has 26 heavy (non-hydrogen) atoms. The summed E-state index contributed by atoms with van der Waals surface area (Å²) in [5.41, 5.74) is 0. The van der Waals surface area contributed by atoms with Crippen LogP contribution in [-0.2, 0) is 14.3 Å². The number of nitro groups is 1. The molecule has 2 radical (unpaired) electrons. The number of fused-ring (bicyclic) bond motifs is 3. The smallest absolute Gasteiger partial charge is 0.213 e. The first-order valence-electron chi connectivity index (χ1n) is 10.2. The van der Waals surface area contributed by atoms with Gasteiger partial charge in [0.2, 0.25) is 6.04 Å². The summed E-state index contributed by atoms with van der Waals surface area (Å²) in [6, 6.07) is -0.628. The van der Waals surface area contributed by atoms with E-state index < -0.39 is 6.04 Å². The Hall–Kier alpha value is -1.01. The van der Waals surface area contributed by atoms with Gasteiger partial charge in [0.15, 0.2) is 11.9 Å². The van der Waals surface area contributed by atoms with Gasteiger partial charge in [-0.25, -0.2) is 0 Å². The van der Waals surface area contributed by atoms with Gasteiger partial charge in [-0.2, -0.15) is 0 Å². The van der Waals surface area contributed by atoms with Gasteiger partial charge in [-0.3, -0.25) is 14.9 Å². The lowest BCUT2D eigenvalue weighted by Gasteiger charge is -2.45. The molecular weight excluding hydrogens is 334 g/mol. The van der Waals surface area contributed by atoms with Crippen LogP contribution in [0.5, 0.6) is 0 Å². The second-order valence-electron chi connectivity index (χ2n) is 7.48. The number of carbonyl (C=O) groups excluding carboxylic acids is 1. The van der Waals surface area contributed by atoms with Gasteiger partial charge in [0.25, 0.3) is 0 Å². The Labute approximate surface area is 157 Å². The minimum absolute atomic E-state index is 0.0294. The quantitative estimate of drug-likeness (QED) is 0.276. The molecule has 6 nitrogen and oxygen atoms in total. The number of Topliss-reactive ketones (excluding diaryl/α,β-unsaturated/α-hetero) is 1. The number of rotatable bonds is 13. The van der Waals surface area contributed by atoms with E-state index in [0.717, 1.165) is 51.4 Å². The predicted octanol–water partition coefficient (Wildman–Crippen LogP) is 4.29. The van der Waals surface area contributed by atoms with Crippen LogP contribution < -0.4 is 0 Å². The van der Waals surface area contributed by atoms with E-state index in [9.17, 15) is 14.9 Å². The van der Waals surface area contributed by atoms with E-state index in [-0.39, 0.29) is 35.3 Å². The Kier molecular flexibility index (Phi) is 8.99. The Bertz CT molecular complexity index is 455. The maximum absolute atomic E-state index is 12.6. The highest BCUT2D eigenvalue weighted by atomic mass is 16.6. The zero-order valence-corrected chi connectivity index (χ0v) is 16.0. The van der Waals surface area contributed by atoms with E-state index in [2.05, 4.69) is 6.92 Å². The van der Waals surface area contributed by atoms with Gasteiger partial charge in [0.1, 0.15) is 0 Å². The summed E-state index contributed by atoms with van der Waals surface area (Å²) in [6.07, 6.45) is 9.29. The first-order valence-corrected chi connectivity index (χ1v) is 10.2. The highest BCUT2D eigenvalue weighted by Crippen LogP contribution is 2.43. The third-order valence-electron chi connectivity index (χ3n) is 5.58. The van der Waals surface area contributed by atoms with Gasteiger partial charge < -0.3 is 9.47 Å². The molecule has 2 heterocycles. The molecule has 0 aromatic carbocycles. The molecule has 3 rings (SSSR count). The molecule has 4 unspecified atom stereocenters. The van der Waals surface area contributed by atoms with Crippen LogP contribution in [0.2, 0.25) is 0 Å². The summed E-state index contributed by atoms with van der Waals surface area (Å²) in [5.74, 6) is 0.0827. The molecule has 0 amide bonds. The topological polar surface area (TPSA) is 78.7 Å². The standard InChI is InChI=1S/C20H33NO5/c1-3-5-6-7-8-9-16(21(23)24)11-12-17(22)20-15-10-13-18(26-20)19(14-15)25-4-2/h15-16,18-19H,1,3-14H2,2H3. The van der Waals surface area contributed by atoms with Gasteiger partial charge >= 0.3 is 0 Å². The molecular formula is C20H33NO5. The van der Waals surface area contributed by atoms with E-state index in [1.807, 2.05) is 6.92 Å². The van der Waals surface area contributed by atoms with E-state index in [1.165, 1.54) is 0 Å². The summed E-state index contributed by atoms with van der Waals surface area (Å²) >= 11 is 0. The molecule has 3 aliphatic rings. The molecule has 2 aliphatic heterocycles. The molecule has 3 fully saturated rings. The third-order valence-corrected chi connectivity index (χ3v) is 5.58. The van der Waals surface area contributed by atoms with Gasteiger partial charge in [0.05, 0.1) is 12.2 Å². The number of hydrogen-bond donors (Lipinski definition) is 0. The Morgan fingerprint density at radius 2 is 2.08 bits per heavy atom. The van der Waals surface area contributed by atoms with Crippen molar-refractivity contribution in [2.24, 2.45) is 5.92 Å². The lowest BCUT2D eigenvalue weighted by Crippen LogP contribution is -2.49. The second-order valence-corrected chi connectivity index (χ2v) is 7.48. The Morgan fingerprint density at radius 3 is 2.69 bits per heavy atom. The summed E-state index contributed by atoms with van der Waals surface area (Å²) < 4.78 is 11.6. The summed E-state index contributed by atoms with van der Waals surface area (Å²) in [7, 11) is 0. The Balaban J connectivity index is 1.75. The highest BCUT2D eigenvalue weighted by molar-refractivity contribution is 5.90. The van der Waals surface area contributed by atoms with Gasteiger partial charge in [-0.15, -0.1) is 0 Å². The molecule has 0 N–H and O–H groups in total. The monoisotopic (exact) mass is 367 g/mol. The van der Waals surface area contributed by atoms with Gasteiger partial charge in [-0.05, 0) is 32.6 Å². The predicted molar refractivity (Wildman–Crippen MR) is 99.0 cm³/mol. The van der Waals surface area contributed by atoms with Crippen molar-refractivity contribution in [1.82, 2.24) is 0 Å². The van der Waals surface area contributed by atoms with E-state index in [0.29, 0.717) is 25.6 Å². The van der Waals surface area contributed by atoms with Crippen LogP contribution in [0.15, 0.2) is 0 Å². The SMILES string of the molecule is [CH2]CCCCCCC(CCC(=O)[C]1OC2CCC1CC2OCC)[N+](=O)[O-]. The number of ketones is 1. The molecule has 0 aromatic rings. The zero-order chi connectivity index (χ0) is 18.9. The minimum atomic E-state index is -0.628. The maximum Gasteiger partial charge on any atom is 0.213 e. The van der Waals surface area contributed by atoms with Crippen LogP contribution in [0.1, 0.15) is 77.6 Å². The first-order chi connectivity index (χ1) is 12.6. The van der Waals surface area contributed by atoms with Crippen molar-refractivity contribution in [3.8, 4) is 0 Å². The lowest BCUT2D eigenvalue weighted by molar-refractivity contribution is -0.524. The molecule has 2 bridgehead atoms. The van der Waals surface area contributed by atoms with Crippen LogP contribution in [0.3, 0.4) is 0 Å². The minimum Gasteiger partial charge on any atom is -0.376 e. The summed E-state index contributed by atoms with van der Waals surface area (Å²) in [4.78, 5) is 23.6. The number of hydrogen-bond acceptors (Lipinski definition) is 5. The van der Waals surface area contributed by atoms with Crippen molar-refractivity contribution in [3.63, 3.8) is 0 Å². The van der Waals surface area contributed by atoms with Crippen LogP contribution in [-0.4, -0.2) is 35.6 Å². The van der Waals surface area contributed by atoms with E-state index in [1.54, 1.807) is 0 Å². The molecule has 0 aromatic heterocycles. The van der Waals surface area contributed by atoms with E-state index in [4.69, 9.17) is 9.47 Å². The summed E-state index contributed by atoms with van der Waals surface area (Å²) in [5, 5.41) is 11.3. The van der Waals surface area contributed by atoms with Crippen LogP contribution in [0.25, 0.3) is 0 Å².